The minimum absolute atomic E-state index is 0.113. The number of halogens is 3. The summed E-state index contributed by atoms with van der Waals surface area (Å²) in [5.74, 6) is -2.02. The highest BCUT2D eigenvalue weighted by Gasteiger charge is 2.40. The van der Waals surface area contributed by atoms with Crippen LogP contribution in [0.5, 0.6) is 5.75 Å². The van der Waals surface area contributed by atoms with E-state index in [0.717, 1.165) is 0 Å². The summed E-state index contributed by atoms with van der Waals surface area (Å²) in [6, 6.07) is 7.96. The van der Waals surface area contributed by atoms with E-state index in [1.165, 1.54) is 34.1 Å². The van der Waals surface area contributed by atoms with E-state index in [1.54, 1.807) is 12.1 Å². The van der Waals surface area contributed by atoms with Crippen LogP contribution in [-0.4, -0.2) is 47.5 Å². The van der Waals surface area contributed by atoms with Gasteiger partial charge in [0.25, 0.3) is 11.8 Å². The number of rotatable bonds is 3. The fourth-order valence-corrected chi connectivity index (χ4v) is 4.70. The molecule has 4 amide bonds. The van der Waals surface area contributed by atoms with Crippen molar-refractivity contribution in [1.82, 2.24) is 10.2 Å². The number of nitrogens with zero attached hydrogens (tertiary/aromatic N) is 2. The Morgan fingerprint density at radius 3 is 2.62 bits per heavy atom. The van der Waals surface area contributed by atoms with Crippen molar-refractivity contribution in [2.75, 3.05) is 11.4 Å². The number of anilines is 1. The van der Waals surface area contributed by atoms with E-state index in [2.05, 4.69) is 10.1 Å². The standard InChI is InChI=1S/C23H18F3N3O5/c24-23(25,26)34-18-3-1-2-16-15(18)8-9-28(16)21(32)12-4-5-14-13(10-12)11-29(22(14)33)17-6-7-19(30)27-20(17)31/h1-5,10,17H,6-9,11H2,(H,27,30,31). The number of ether oxygens (including phenoxy) is 1. The molecule has 1 N–H and O–H groups in total. The number of carbonyl (C=O) groups excluding carboxylic acids is 4. The molecule has 176 valence electrons. The highest BCUT2D eigenvalue weighted by atomic mass is 19.4. The summed E-state index contributed by atoms with van der Waals surface area (Å²) in [7, 11) is 0. The van der Waals surface area contributed by atoms with Gasteiger partial charge in [-0.3, -0.25) is 24.5 Å². The van der Waals surface area contributed by atoms with Crippen molar-refractivity contribution in [3.8, 4) is 5.75 Å². The molecule has 11 heteroatoms. The van der Waals surface area contributed by atoms with Crippen LogP contribution in [0.4, 0.5) is 18.9 Å². The third kappa shape index (κ3) is 3.76. The molecule has 2 aromatic carbocycles. The van der Waals surface area contributed by atoms with Crippen LogP contribution in [0.25, 0.3) is 0 Å². The molecule has 0 saturated carbocycles. The Morgan fingerprint density at radius 1 is 1.09 bits per heavy atom. The molecule has 1 fully saturated rings. The molecule has 0 spiro atoms. The number of hydrogen-bond donors (Lipinski definition) is 1. The third-order valence-electron chi connectivity index (χ3n) is 6.23. The molecular formula is C23H18F3N3O5. The normalized spacial score (nSPS) is 19.7. The molecule has 3 aliphatic rings. The van der Waals surface area contributed by atoms with Crippen molar-refractivity contribution < 1.29 is 37.1 Å². The maximum Gasteiger partial charge on any atom is 0.573 e. The molecule has 0 aliphatic carbocycles. The summed E-state index contributed by atoms with van der Waals surface area (Å²) in [6.07, 6.45) is -4.27. The quantitative estimate of drug-likeness (QED) is 0.692. The van der Waals surface area contributed by atoms with Gasteiger partial charge in [0, 0.05) is 36.2 Å². The number of benzene rings is 2. The Morgan fingerprint density at radius 2 is 1.88 bits per heavy atom. The first-order chi connectivity index (χ1) is 16.1. The fourth-order valence-electron chi connectivity index (χ4n) is 4.70. The number of imide groups is 1. The molecule has 34 heavy (non-hydrogen) atoms. The van der Waals surface area contributed by atoms with Crippen molar-refractivity contribution in [2.45, 2.75) is 38.2 Å². The van der Waals surface area contributed by atoms with Crippen LogP contribution >= 0.6 is 0 Å². The van der Waals surface area contributed by atoms with Crippen LogP contribution in [0.15, 0.2) is 36.4 Å². The number of carbonyl (C=O) groups is 4. The van der Waals surface area contributed by atoms with Crippen LogP contribution in [0.3, 0.4) is 0 Å². The van der Waals surface area contributed by atoms with E-state index in [1.807, 2.05) is 0 Å². The number of piperidine rings is 1. The first-order valence-corrected chi connectivity index (χ1v) is 10.6. The average Bonchev–Trinajstić information content (AvgIpc) is 3.34. The number of amides is 4. The highest BCUT2D eigenvalue weighted by Crippen LogP contribution is 2.38. The monoisotopic (exact) mass is 473 g/mol. The third-order valence-corrected chi connectivity index (χ3v) is 6.23. The van der Waals surface area contributed by atoms with Crippen molar-refractivity contribution >= 4 is 29.3 Å². The molecule has 3 aliphatic heterocycles. The van der Waals surface area contributed by atoms with Gasteiger partial charge in [0.15, 0.2) is 0 Å². The van der Waals surface area contributed by atoms with Gasteiger partial charge in [0.05, 0.1) is 5.69 Å². The van der Waals surface area contributed by atoms with Crippen molar-refractivity contribution in [1.29, 1.82) is 0 Å². The van der Waals surface area contributed by atoms with Gasteiger partial charge in [-0.05, 0) is 48.7 Å². The van der Waals surface area contributed by atoms with Crippen molar-refractivity contribution in [2.24, 2.45) is 0 Å². The molecule has 0 radical (unpaired) electrons. The zero-order valence-electron chi connectivity index (χ0n) is 17.6. The molecule has 2 aromatic rings. The largest absolute Gasteiger partial charge is 0.573 e. The first-order valence-electron chi connectivity index (χ1n) is 10.6. The maximum absolute atomic E-state index is 13.2. The van der Waals surface area contributed by atoms with E-state index in [4.69, 9.17) is 0 Å². The molecule has 5 rings (SSSR count). The fraction of sp³-hybridized carbons (Fsp3) is 0.304. The Hall–Kier alpha value is -3.89. The predicted molar refractivity (Wildman–Crippen MR) is 111 cm³/mol. The van der Waals surface area contributed by atoms with Gasteiger partial charge in [-0.1, -0.05) is 6.07 Å². The van der Waals surface area contributed by atoms with Crippen LogP contribution in [0, 0.1) is 0 Å². The zero-order chi connectivity index (χ0) is 24.2. The van der Waals surface area contributed by atoms with Crippen LogP contribution in [0.2, 0.25) is 0 Å². The Bertz CT molecular complexity index is 1240. The number of nitrogens with one attached hydrogen (secondary N) is 1. The molecular weight excluding hydrogens is 455 g/mol. The molecule has 1 saturated heterocycles. The second kappa shape index (κ2) is 7.86. The minimum Gasteiger partial charge on any atom is -0.405 e. The summed E-state index contributed by atoms with van der Waals surface area (Å²) in [6.45, 7) is 0.298. The van der Waals surface area contributed by atoms with Crippen molar-refractivity contribution in [3.05, 3.63) is 58.7 Å². The van der Waals surface area contributed by atoms with Gasteiger partial charge in [0.1, 0.15) is 11.8 Å². The lowest BCUT2D eigenvalue weighted by Crippen LogP contribution is -2.52. The van der Waals surface area contributed by atoms with Gasteiger partial charge in [0.2, 0.25) is 11.8 Å². The summed E-state index contributed by atoms with van der Waals surface area (Å²) in [5, 5.41) is 2.24. The highest BCUT2D eigenvalue weighted by molar-refractivity contribution is 6.09. The summed E-state index contributed by atoms with van der Waals surface area (Å²) >= 11 is 0. The molecule has 8 nitrogen and oxygen atoms in total. The molecule has 1 unspecified atom stereocenters. The summed E-state index contributed by atoms with van der Waals surface area (Å²) in [5.41, 5.74) is 1.84. The summed E-state index contributed by atoms with van der Waals surface area (Å²) < 4.78 is 42.3. The van der Waals surface area contributed by atoms with E-state index in [0.29, 0.717) is 22.4 Å². The smallest absolute Gasteiger partial charge is 0.405 e. The predicted octanol–water partition coefficient (Wildman–Crippen LogP) is 2.55. The van der Waals surface area contributed by atoms with Gasteiger partial charge < -0.3 is 14.5 Å². The SMILES string of the molecule is O=C1CCC(N2Cc3cc(C(=O)N4CCc5c(OC(F)(F)F)cccc54)ccc3C2=O)C(=O)N1. The molecule has 1 atom stereocenters. The second-order valence-corrected chi connectivity index (χ2v) is 8.28. The van der Waals surface area contributed by atoms with Gasteiger partial charge in [-0.2, -0.15) is 0 Å². The van der Waals surface area contributed by atoms with Crippen molar-refractivity contribution in [3.63, 3.8) is 0 Å². The van der Waals surface area contributed by atoms with Gasteiger partial charge in [-0.25, -0.2) is 0 Å². The molecule has 0 aromatic heterocycles. The van der Waals surface area contributed by atoms with Crippen LogP contribution in [-0.2, 0) is 22.6 Å². The van der Waals surface area contributed by atoms with Gasteiger partial charge >= 0.3 is 6.36 Å². The first kappa shape index (κ1) is 21.9. The lowest BCUT2D eigenvalue weighted by molar-refractivity contribution is -0.274. The Labute approximate surface area is 191 Å². The second-order valence-electron chi connectivity index (χ2n) is 8.28. The van der Waals surface area contributed by atoms with Crippen LogP contribution in [0.1, 0.15) is 44.7 Å². The molecule has 0 bridgehead atoms. The lowest BCUT2D eigenvalue weighted by Gasteiger charge is -2.29. The topological polar surface area (TPSA) is 96.0 Å². The van der Waals surface area contributed by atoms with E-state index < -0.39 is 24.2 Å². The zero-order valence-corrected chi connectivity index (χ0v) is 17.6. The number of hydrogen-bond acceptors (Lipinski definition) is 5. The minimum atomic E-state index is -4.84. The van der Waals surface area contributed by atoms with E-state index in [-0.39, 0.29) is 55.5 Å². The Balaban J connectivity index is 1.38. The van der Waals surface area contributed by atoms with E-state index >= 15 is 0 Å². The maximum atomic E-state index is 13.2. The lowest BCUT2D eigenvalue weighted by atomic mass is 10.0. The number of fused-ring (bicyclic) bond motifs is 2. The average molecular weight is 473 g/mol. The van der Waals surface area contributed by atoms with Crippen LogP contribution < -0.4 is 15.0 Å². The van der Waals surface area contributed by atoms with E-state index in [9.17, 15) is 32.3 Å². The summed E-state index contributed by atoms with van der Waals surface area (Å²) in [4.78, 5) is 52.4. The molecule has 3 heterocycles. The Kier molecular flexibility index (Phi) is 5.07. The van der Waals surface area contributed by atoms with Gasteiger partial charge in [-0.15, -0.1) is 13.2 Å². The number of alkyl halides is 3.